The lowest BCUT2D eigenvalue weighted by atomic mass is 10.1. The van der Waals surface area contributed by atoms with E-state index in [1.54, 1.807) is 0 Å². The molecule has 0 spiro atoms. The standard InChI is InChI=1S/C16H21N3/c1-2-4-9-14(8-3-1)18-15-10-5-6-11-16(15)19-13-7-12-17-19/h5-7,10-14,18H,1-4,8-9H2. The zero-order valence-corrected chi connectivity index (χ0v) is 11.3. The predicted molar refractivity (Wildman–Crippen MR) is 78.7 cm³/mol. The summed E-state index contributed by atoms with van der Waals surface area (Å²) in [7, 11) is 0. The van der Waals surface area contributed by atoms with Gasteiger partial charge in [0, 0.05) is 18.4 Å². The normalized spacial score (nSPS) is 17.1. The molecule has 1 saturated carbocycles. The molecule has 1 heterocycles. The number of anilines is 1. The van der Waals surface area contributed by atoms with Crippen LogP contribution < -0.4 is 5.32 Å². The quantitative estimate of drug-likeness (QED) is 0.840. The van der Waals surface area contributed by atoms with Gasteiger partial charge in [0.05, 0.1) is 11.4 Å². The monoisotopic (exact) mass is 255 g/mol. The molecule has 0 atom stereocenters. The van der Waals surface area contributed by atoms with Crippen LogP contribution in [0.3, 0.4) is 0 Å². The maximum Gasteiger partial charge on any atom is 0.0876 e. The first-order chi connectivity index (χ1) is 9.43. The summed E-state index contributed by atoms with van der Waals surface area (Å²) in [6, 6.07) is 11.0. The number of rotatable bonds is 3. The number of para-hydroxylation sites is 2. The second-order valence-electron chi connectivity index (χ2n) is 5.30. The highest BCUT2D eigenvalue weighted by molar-refractivity contribution is 5.61. The molecule has 3 rings (SSSR count). The third-order valence-electron chi connectivity index (χ3n) is 3.87. The van der Waals surface area contributed by atoms with Crippen molar-refractivity contribution in [3.05, 3.63) is 42.7 Å². The van der Waals surface area contributed by atoms with Crippen LogP contribution in [0.5, 0.6) is 0 Å². The zero-order valence-electron chi connectivity index (χ0n) is 11.3. The Hall–Kier alpha value is -1.77. The van der Waals surface area contributed by atoms with Crippen LogP contribution in [0, 0.1) is 0 Å². The molecule has 3 nitrogen and oxygen atoms in total. The molecule has 0 bridgehead atoms. The summed E-state index contributed by atoms with van der Waals surface area (Å²) < 4.78 is 1.93. The number of hydrogen-bond donors (Lipinski definition) is 1. The molecule has 100 valence electrons. The summed E-state index contributed by atoms with van der Waals surface area (Å²) in [5, 5.41) is 8.05. The Balaban J connectivity index is 1.80. The summed E-state index contributed by atoms with van der Waals surface area (Å²) in [5.74, 6) is 0. The molecule has 1 aromatic carbocycles. The van der Waals surface area contributed by atoms with Gasteiger partial charge >= 0.3 is 0 Å². The highest BCUT2D eigenvalue weighted by Gasteiger charge is 2.13. The summed E-state index contributed by atoms with van der Waals surface area (Å²) in [4.78, 5) is 0. The van der Waals surface area contributed by atoms with Crippen molar-refractivity contribution in [3.8, 4) is 5.69 Å². The molecule has 1 fully saturated rings. The van der Waals surface area contributed by atoms with Crippen molar-refractivity contribution in [1.82, 2.24) is 9.78 Å². The first-order valence-electron chi connectivity index (χ1n) is 7.29. The van der Waals surface area contributed by atoms with Gasteiger partial charge in [-0.25, -0.2) is 4.68 Å². The molecule has 1 aliphatic rings. The van der Waals surface area contributed by atoms with E-state index in [4.69, 9.17) is 0 Å². The third-order valence-corrected chi connectivity index (χ3v) is 3.87. The van der Waals surface area contributed by atoms with Crippen molar-refractivity contribution in [1.29, 1.82) is 0 Å². The van der Waals surface area contributed by atoms with E-state index in [9.17, 15) is 0 Å². The van der Waals surface area contributed by atoms with E-state index in [0.717, 1.165) is 5.69 Å². The maximum absolute atomic E-state index is 4.34. The molecule has 0 saturated heterocycles. The molecule has 2 aromatic rings. The molecular formula is C16H21N3. The van der Waals surface area contributed by atoms with Gasteiger partial charge in [0.1, 0.15) is 0 Å². The van der Waals surface area contributed by atoms with E-state index in [-0.39, 0.29) is 0 Å². The van der Waals surface area contributed by atoms with Gasteiger partial charge in [-0.05, 0) is 31.0 Å². The van der Waals surface area contributed by atoms with Gasteiger partial charge < -0.3 is 5.32 Å². The van der Waals surface area contributed by atoms with Crippen LogP contribution in [0.15, 0.2) is 42.7 Å². The Kier molecular flexibility index (Phi) is 3.82. The first kappa shape index (κ1) is 12.3. The largest absolute Gasteiger partial charge is 0.381 e. The van der Waals surface area contributed by atoms with E-state index in [2.05, 4.69) is 34.7 Å². The van der Waals surface area contributed by atoms with Gasteiger partial charge in [0.15, 0.2) is 0 Å². The second-order valence-corrected chi connectivity index (χ2v) is 5.30. The Morgan fingerprint density at radius 2 is 1.79 bits per heavy atom. The summed E-state index contributed by atoms with van der Waals surface area (Å²) >= 11 is 0. The minimum Gasteiger partial charge on any atom is -0.381 e. The lowest BCUT2D eigenvalue weighted by Gasteiger charge is -2.20. The van der Waals surface area contributed by atoms with E-state index in [0.29, 0.717) is 6.04 Å². The summed E-state index contributed by atoms with van der Waals surface area (Å²) in [6.45, 7) is 0. The van der Waals surface area contributed by atoms with Gasteiger partial charge in [-0.15, -0.1) is 0 Å². The molecule has 0 radical (unpaired) electrons. The Labute approximate surface area is 114 Å². The van der Waals surface area contributed by atoms with E-state index in [1.807, 2.05) is 23.1 Å². The summed E-state index contributed by atoms with van der Waals surface area (Å²) in [5.41, 5.74) is 2.33. The van der Waals surface area contributed by atoms with Crippen molar-refractivity contribution in [2.45, 2.75) is 44.6 Å². The predicted octanol–water partition coefficient (Wildman–Crippen LogP) is 4.01. The van der Waals surface area contributed by atoms with E-state index >= 15 is 0 Å². The third kappa shape index (κ3) is 2.98. The van der Waals surface area contributed by atoms with E-state index < -0.39 is 0 Å². The van der Waals surface area contributed by atoms with Crippen molar-refractivity contribution in [2.24, 2.45) is 0 Å². The van der Waals surface area contributed by atoms with Crippen LogP contribution in [0.2, 0.25) is 0 Å². The molecule has 0 amide bonds. The van der Waals surface area contributed by atoms with E-state index in [1.165, 1.54) is 44.2 Å². The molecule has 1 aromatic heterocycles. The van der Waals surface area contributed by atoms with Crippen LogP contribution in [-0.4, -0.2) is 15.8 Å². The van der Waals surface area contributed by atoms with Gasteiger partial charge in [-0.3, -0.25) is 0 Å². The highest BCUT2D eigenvalue weighted by Crippen LogP contribution is 2.25. The molecule has 1 N–H and O–H groups in total. The van der Waals surface area contributed by atoms with Crippen molar-refractivity contribution < 1.29 is 0 Å². The fourth-order valence-electron chi connectivity index (χ4n) is 2.85. The first-order valence-corrected chi connectivity index (χ1v) is 7.29. The van der Waals surface area contributed by atoms with Crippen LogP contribution in [0.4, 0.5) is 5.69 Å². The van der Waals surface area contributed by atoms with Crippen LogP contribution in [0.1, 0.15) is 38.5 Å². The molecule has 0 unspecified atom stereocenters. The van der Waals surface area contributed by atoms with Gasteiger partial charge in [0.2, 0.25) is 0 Å². The fourth-order valence-corrected chi connectivity index (χ4v) is 2.85. The molecule has 19 heavy (non-hydrogen) atoms. The summed E-state index contributed by atoms with van der Waals surface area (Å²) in [6.07, 6.45) is 11.9. The number of benzene rings is 1. The average molecular weight is 255 g/mol. The number of hydrogen-bond acceptors (Lipinski definition) is 2. The fraction of sp³-hybridized carbons (Fsp3) is 0.438. The Morgan fingerprint density at radius 3 is 2.53 bits per heavy atom. The van der Waals surface area contributed by atoms with Crippen molar-refractivity contribution in [2.75, 3.05) is 5.32 Å². The molecule has 1 aliphatic carbocycles. The van der Waals surface area contributed by atoms with Crippen molar-refractivity contribution in [3.63, 3.8) is 0 Å². The Morgan fingerprint density at radius 1 is 1.00 bits per heavy atom. The minimum absolute atomic E-state index is 0.610. The lowest BCUT2D eigenvalue weighted by molar-refractivity contribution is 0.619. The zero-order chi connectivity index (χ0) is 12.9. The van der Waals surface area contributed by atoms with Crippen LogP contribution in [-0.2, 0) is 0 Å². The number of aromatic nitrogens is 2. The molecular weight excluding hydrogens is 234 g/mol. The lowest BCUT2D eigenvalue weighted by Crippen LogP contribution is -2.19. The highest BCUT2D eigenvalue weighted by atomic mass is 15.3. The van der Waals surface area contributed by atoms with Crippen LogP contribution >= 0.6 is 0 Å². The van der Waals surface area contributed by atoms with Gasteiger partial charge in [-0.2, -0.15) is 5.10 Å². The smallest absolute Gasteiger partial charge is 0.0876 e. The SMILES string of the molecule is c1ccc(-n2cccn2)c(NC2CCCCCC2)c1. The maximum atomic E-state index is 4.34. The van der Waals surface area contributed by atoms with Crippen molar-refractivity contribution >= 4 is 5.69 Å². The topological polar surface area (TPSA) is 29.9 Å². The van der Waals surface area contributed by atoms with Gasteiger partial charge in [0.25, 0.3) is 0 Å². The Bertz CT molecular complexity index is 496. The molecule has 3 heteroatoms. The molecule has 0 aliphatic heterocycles. The minimum atomic E-state index is 0.610. The van der Waals surface area contributed by atoms with Crippen LogP contribution in [0.25, 0.3) is 5.69 Å². The number of nitrogens with zero attached hydrogens (tertiary/aromatic N) is 2. The average Bonchev–Trinajstić information content (AvgIpc) is 2.85. The number of nitrogens with one attached hydrogen (secondary N) is 1. The second kappa shape index (κ2) is 5.91. The van der Waals surface area contributed by atoms with Gasteiger partial charge in [-0.1, -0.05) is 37.8 Å².